The number of phenolic OH excluding ortho intramolecular Hbond substituents is 4. The maximum Gasteiger partial charge on any atom is 0.348 e. The highest BCUT2D eigenvalue weighted by Crippen LogP contribution is 2.26. The Balaban J connectivity index is 2.12. The van der Waals surface area contributed by atoms with Crippen LogP contribution in [0.5, 0.6) is 23.0 Å². The van der Waals surface area contributed by atoms with Crippen LogP contribution < -0.4 is 0 Å². The molecule has 0 saturated heterocycles. The molecule has 0 saturated carbocycles. The number of carbonyl (C=O) groups is 2. The zero-order valence-electron chi connectivity index (χ0n) is 15.3. The number of carbonyl (C=O) groups excluding carboxylic acids is 2. The molecule has 29 heavy (non-hydrogen) atoms. The van der Waals surface area contributed by atoms with Crippen molar-refractivity contribution in [2.75, 3.05) is 6.61 Å². The Morgan fingerprint density at radius 1 is 0.966 bits per heavy atom. The van der Waals surface area contributed by atoms with E-state index in [1.54, 1.807) is 0 Å². The van der Waals surface area contributed by atoms with Crippen molar-refractivity contribution in [3.8, 4) is 23.0 Å². The van der Waals surface area contributed by atoms with Crippen LogP contribution in [0.3, 0.4) is 0 Å². The molecule has 152 valence electrons. The minimum absolute atomic E-state index is 0.0731. The number of hydrogen-bond acceptors (Lipinski definition) is 8. The lowest BCUT2D eigenvalue weighted by molar-refractivity contribution is -0.164. The number of rotatable bonds is 8. The first-order valence-electron chi connectivity index (χ1n) is 8.49. The van der Waals surface area contributed by atoms with Crippen LogP contribution in [0.4, 0.5) is 0 Å². The predicted molar refractivity (Wildman–Crippen MR) is 103 cm³/mol. The number of esters is 2. The van der Waals surface area contributed by atoms with Gasteiger partial charge in [-0.25, -0.2) is 9.59 Å². The maximum absolute atomic E-state index is 12.2. The van der Waals surface area contributed by atoms with Gasteiger partial charge < -0.3 is 29.9 Å². The van der Waals surface area contributed by atoms with Gasteiger partial charge in [0.1, 0.15) is 6.61 Å². The minimum Gasteiger partial charge on any atom is -0.504 e. The molecule has 8 nitrogen and oxygen atoms in total. The van der Waals surface area contributed by atoms with Gasteiger partial charge >= 0.3 is 11.9 Å². The smallest absolute Gasteiger partial charge is 0.348 e. The van der Waals surface area contributed by atoms with Gasteiger partial charge in [-0.3, -0.25) is 0 Å². The summed E-state index contributed by atoms with van der Waals surface area (Å²) in [6, 6.07) is 7.92. The van der Waals surface area contributed by atoms with Crippen LogP contribution >= 0.6 is 0 Å². The molecule has 2 aromatic rings. The van der Waals surface area contributed by atoms with Gasteiger partial charge in [-0.1, -0.05) is 24.8 Å². The van der Waals surface area contributed by atoms with Crippen molar-refractivity contribution in [3.63, 3.8) is 0 Å². The van der Waals surface area contributed by atoms with Crippen molar-refractivity contribution >= 4 is 18.0 Å². The van der Waals surface area contributed by atoms with E-state index in [0.717, 1.165) is 6.08 Å². The normalized spacial score (nSPS) is 11.7. The molecule has 0 heterocycles. The molecule has 0 fully saturated rings. The number of ether oxygens (including phenoxy) is 2. The van der Waals surface area contributed by atoms with Gasteiger partial charge in [0.25, 0.3) is 0 Å². The molecule has 2 rings (SSSR count). The van der Waals surface area contributed by atoms with Crippen molar-refractivity contribution in [1.82, 2.24) is 0 Å². The predicted octanol–water partition coefficient (Wildman–Crippen LogP) is 2.41. The molecule has 0 radical (unpaired) electrons. The number of phenols is 4. The highest BCUT2D eigenvalue weighted by atomic mass is 16.6. The van der Waals surface area contributed by atoms with Crippen molar-refractivity contribution < 1.29 is 39.5 Å². The molecule has 4 N–H and O–H groups in total. The van der Waals surface area contributed by atoms with E-state index >= 15 is 0 Å². The summed E-state index contributed by atoms with van der Waals surface area (Å²) >= 11 is 0. The number of benzene rings is 2. The summed E-state index contributed by atoms with van der Waals surface area (Å²) < 4.78 is 10.1. The zero-order chi connectivity index (χ0) is 21.4. The Labute approximate surface area is 166 Å². The quantitative estimate of drug-likeness (QED) is 0.230. The lowest BCUT2D eigenvalue weighted by Crippen LogP contribution is -2.31. The molecule has 0 aromatic heterocycles. The molecule has 0 aliphatic heterocycles. The largest absolute Gasteiger partial charge is 0.504 e. The Kier molecular flexibility index (Phi) is 7.25. The molecule has 0 unspecified atom stereocenters. The Hall–Kier alpha value is -3.94. The lowest BCUT2D eigenvalue weighted by atomic mass is 10.1. The monoisotopic (exact) mass is 400 g/mol. The van der Waals surface area contributed by atoms with E-state index in [0.29, 0.717) is 11.1 Å². The van der Waals surface area contributed by atoms with Crippen molar-refractivity contribution in [1.29, 1.82) is 0 Å². The van der Waals surface area contributed by atoms with E-state index in [4.69, 9.17) is 9.47 Å². The summed E-state index contributed by atoms with van der Waals surface area (Å²) in [7, 11) is 0. The maximum atomic E-state index is 12.2. The Morgan fingerprint density at radius 3 is 2.24 bits per heavy atom. The number of aromatic hydroxyl groups is 4. The van der Waals surface area contributed by atoms with Gasteiger partial charge in [-0.2, -0.15) is 0 Å². The zero-order valence-corrected chi connectivity index (χ0v) is 15.3. The van der Waals surface area contributed by atoms with E-state index in [1.807, 2.05) is 0 Å². The summed E-state index contributed by atoms with van der Waals surface area (Å²) in [4.78, 5) is 24.3. The van der Waals surface area contributed by atoms with Crippen LogP contribution in [0.2, 0.25) is 0 Å². The molecule has 1 atom stereocenters. The number of hydrogen-bond donors (Lipinski definition) is 4. The molecular formula is C21H20O8. The molecule has 8 heteroatoms. The van der Waals surface area contributed by atoms with E-state index in [9.17, 15) is 30.0 Å². The Morgan fingerprint density at radius 2 is 1.62 bits per heavy atom. The lowest BCUT2D eigenvalue weighted by Gasteiger charge is -2.16. The first-order valence-corrected chi connectivity index (χ1v) is 8.49. The van der Waals surface area contributed by atoms with Crippen molar-refractivity contribution in [2.45, 2.75) is 12.5 Å². The average molecular weight is 400 g/mol. The second kappa shape index (κ2) is 9.84. The summed E-state index contributed by atoms with van der Waals surface area (Å²) in [6.45, 7) is 3.37. The SMILES string of the molecule is C=CCOC(=O)[C@@H](Cc1ccc(O)c(O)c1)OC(=O)/C=C/c1ccc(O)c(O)c1. The fourth-order valence-corrected chi connectivity index (χ4v) is 2.31. The molecule has 0 amide bonds. The van der Waals surface area contributed by atoms with Gasteiger partial charge in [-0.15, -0.1) is 0 Å². The molecular weight excluding hydrogens is 380 g/mol. The third kappa shape index (κ3) is 6.31. The third-order valence-electron chi connectivity index (χ3n) is 3.74. The van der Waals surface area contributed by atoms with E-state index < -0.39 is 18.0 Å². The van der Waals surface area contributed by atoms with Crippen LogP contribution in [-0.4, -0.2) is 45.1 Å². The topological polar surface area (TPSA) is 134 Å². The molecule has 0 bridgehead atoms. The van der Waals surface area contributed by atoms with Crippen LogP contribution in [0.1, 0.15) is 11.1 Å². The van der Waals surface area contributed by atoms with Gasteiger partial charge in [0.2, 0.25) is 6.10 Å². The molecule has 0 aliphatic rings. The first-order chi connectivity index (χ1) is 13.8. The van der Waals surface area contributed by atoms with E-state index in [-0.39, 0.29) is 36.0 Å². The van der Waals surface area contributed by atoms with Gasteiger partial charge in [0, 0.05) is 12.5 Å². The van der Waals surface area contributed by atoms with Gasteiger partial charge in [-0.05, 0) is 41.5 Å². The molecule has 0 spiro atoms. The van der Waals surface area contributed by atoms with E-state index in [2.05, 4.69) is 6.58 Å². The van der Waals surface area contributed by atoms with Crippen molar-refractivity contribution in [3.05, 3.63) is 66.3 Å². The average Bonchev–Trinajstić information content (AvgIpc) is 2.69. The summed E-state index contributed by atoms with van der Waals surface area (Å²) in [5.41, 5.74) is 0.854. The second-order valence-corrected chi connectivity index (χ2v) is 5.95. The first kappa shape index (κ1) is 21.4. The highest BCUT2D eigenvalue weighted by Gasteiger charge is 2.24. The third-order valence-corrected chi connectivity index (χ3v) is 3.74. The highest BCUT2D eigenvalue weighted by molar-refractivity contribution is 5.89. The van der Waals surface area contributed by atoms with E-state index in [1.165, 1.54) is 48.6 Å². The van der Waals surface area contributed by atoms with Gasteiger partial charge in [0.15, 0.2) is 23.0 Å². The van der Waals surface area contributed by atoms with Crippen LogP contribution in [0.25, 0.3) is 6.08 Å². The summed E-state index contributed by atoms with van der Waals surface area (Å²) in [5.74, 6) is -3.00. The Bertz CT molecular complexity index is 932. The molecule has 2 aromatic carbocycles. The van der Waals surface area contributed by atoms with Crippen LogP contribution in [-0.2, 0) is 25.5 Å². The summed E-state index contributed by atoms with van der Waals surface area (Å²) in [6.07, 6.45) is 2.35. The molecule has 0 aliphatic carbocycles. The van der Waals surface area contributed by atoms with Crippen LogP contribution in [0, 0.1) is 0 Å². The minimum atomic E-state index is -1.30. The fraction of sp³-hybridized carbons (Fsp3) is 0.143. The standard InChI is InChI=1S/C21H20O8/c1-2-9-28-21(27)19(12-14-4-7-16(23)18(25)11-14)29-20(26)8-5-13-3-6-15(22)17(24)10-13/h2-8,10-11,19,22-25H,1,9,12H2/b8-5+/t19-/m1/s1. The summed E-state index contributed by atoms with van der Waals surface area (Å²) in [5, 5.41) is 37.7. The second-order valence-electron chi connectivity index (χ2n) is 5.95. The fourth-order valence-electron chi connectivity index (χ4n) is 2.31. The van der Waals surface area contributed by atoms with Crippen molar-refractivity contribution in [2.24, 2.45) is 0 Å². The van der Waals surface area contributed by atoms with Gasteiger partial charge in [0.05, 0.1) is 0 Å². The van der Waals surface area contributed by atoms with Crippen LogP contribution in [0.15, 0.2) is 55.1 Å².